The molecule has 4 rings (SSSR count). The smallest absolute Gasteiger partial charge is 0.235 e. The lowest BCUT2D eigenvalue weighted by Crippen LogP contribution is -2.21. The second-order valence-electron chi connectivity index (χ2n) is 11.8. The van der Waals surface area contributed by atoms with Crippen LogP contribution in [0.1, 0.15) is 51.7 Å². The number of carbonyl (C=O) groups excluding carboxylic acids is 4. The molecule has 0 saturated carbocycles. The Kier molecular flexibility index (Phi) is 15.6. The Bertz CT molecular complexity index is 1710. The van der Waals surface area contributed by atoms with Crippen LogP contribution in [0.2, 0.25) is 0 Å². The molecule has 15 heteroatoms. The average Bonchev–Trinajstić information content (AvgIpc) is 3.68. The number of aromatic nitrogens is 2. The summed E-state index contributed by atoms with van der Waals surface area (Å²) in [7, 11) is 0. The maximum Gasteiger partial charge on any atom is 0.235 e. The Morgan fingerprint density at radius 3 is 1.59 bits per heavy atom. The lowest BCUT2D eigenvalue weighted by Gasteiger charge is -2.14. The Morgan fingerprint density at radius 2 is 1.18 bits per heavy atom. The van der Waals surface area contributed by atoms with Crippen molar-refractivity contribution in [2.45, 2.75) is 54.4 Å². The molecule has 262 valence electrons. The molecule has 0 aliphatic carbocycles. The molecule has 4 N–H and O–H groups in total. The molecular weight excluding hydrogens is 732 g/mol. The number of aryl methyl sites for hydroxylation is 2. The molecule has 0 saturated heterocycles. The number of anilines is 4. The van der Waals surface area contributed by atoms with E-state index in [1.807, 2.05) is 38.1 Å². The molecule has 2 aromatic heterocycles. The first-order valence-electron chi connectivity index (χ1n) is 15.4. The van der Waals surface area contributed by atoms with Gasteiger partial charge in [-0.15, -0.1) is 11.3 Å². The van der Waals surface area contributed by atoms with Gasteiger partial charge < -0.3 is 30.7 Å². The summed E-state index contributed by atoms with van der Waals surface area (Å²) >= 11 is 5.85. The van der Waals surface area contributed by atoms with Crippen molar-refractivity contribution in [3.8, 4) is 11.5 Å². The van der Waals surface area contributed by atoms with Crippen LogP contribution in [0.4, 0.5) is 21.6 Å². The number of halogens is 1. The fraction of sp³-hybridized carbons (Fsp3) is 0.353. The molecule has 0 unspecified atom stereocenters. The van der Waals surface area contributed by atoms with Crippen LogP contribution in [0.3, 0.4) is 0 Å². The minimum Gasteiger partial charge on any atom is -0.491 e. The van der Waals surface area contributed by atoms with Crippen LogP contribution in [0.15, 0.2) is 58.0 Å². The minimum absolute atomic E-state index is 0.281. The number of hydrogen-bond acceptors (Lipinski definition) is 10. The van der Waals surface area contributed by atoms with Crippen molar-refractivity contribution in [2.75, 3.05) is 34.5 Å². The van der Waals surface area contributed by atoms with Crippen molar-refractivity contribution in [3.63, 3.8) is 0 Å². The number of carbonyl (C=O) groups is 4. The van der Waals surface area contributed by atoms with Crippen LogP contribution >= 0.6 is 38.6 Å². The number of thiazole rings is 2. The van der Waals surface area contributed by atoms with E-state index in [1.54, 1.807) is 29.9 Å². The Balaban J connectivity index is 0.000000266. The molecule has 2 aromatic carbocycles. The normalized spacial score (nSPS) is 10.6. The van der Waals surface area contributed by atoms with Crippen molar-refractivity contribution in [1.82, 2.24) is 9.97 Å². The number of amides is 4. The third-order valence-electron chi connectivity index (χ3n) is 6.01. The number of benzene rings is 2. The SMILES string of the molecule is Cc1ccc(NC(=O)CC(=O)Nc2ncc(Br)s2)c(OCC(C)C)c1.Cc1ccc(NC(=O)CC(=O)Nc2nccs2)c(OCC(C)C)c1. The third kappa shape index (κ3) is 14.8. The zero-order chi connectivity index (χ0) is 35.9. The molecular formula is C34H41BrN6O6S2. The summed E-state index contributed by atoms with van der Waals surface area (Å²) < 4.78 is 12.3. The molecule has 49 heavy (non-hydrogen) atoms. The zero-order valence-electron chi connectivity index (χ0n) is 28.2. The van der Waals surface area contributed by atoms with Gasteiger partial charge in [0.25, 0.3) is 0 Å². The predicted octanol–water partition coefficient (Wildman–Crippen LogP) is 7.67. The van der Waals surface area contributed by atoms with Crippen LogP contribution in [0.5, 0.6) is 11.5 Å². The second kappa shape index (κ2) is 19.6. The van der Waals surface area contributed by atoms with Crippen LogP contribution < -0.4 is 30.7 Å². The number of nitrogens with zero attached hydrogens (tertiary/aromatic N) is 2. The van der Waals surface area contributed by atoms with Crippen molar-refractivity contribution in [2.24, 2.45) is 11.8 Å². The van der Waals surface area contributed by atoms with Gasteiger partial charge in [-0.3, -0.25) is 19.2 Å². The fourth-order valence-corrected chi connectivity index (χ4v) is 5.49. The number of rotatable bonds is 14. The van der Waals surface area contributed by atoms with Crippen LogP contribution in [-0.4, -0.2) is 46.8 Å². The van der Waals surface area contributed by atoms with Gasteiger partial charge in [0, 0.05) is 11.6 Å². The molecule has 0 atom stereocenters. The summed E-state index contributed by atoms with van der Waals surface area (Å²) in [5.41, 5.74) is 3.19. The van der Waals surface area contributed by atoms with Crippen molar-refractivity contribution in [3.05, 3.63) is 69.1 Å². The number of ether oxygens (including phenoxy) is 2. The standard InChI is InChI=1S/C17H20BrN3O3S.C17H21N3O3S/c1-10(2)9-24-13-6-11(3)4-5-12(13)20-15(22)7-16(23)21-17-19-8-14(18)25-17;1-11(2)10-23-14-8-12(3)4-5-13(14)19-15(21)9-16(22)20-17-18-6-7-24-17/h4-6,8,10H,7,9H2,1-3H3,(H,20,22)(H,19,21,23);4-8,11H,9-10H2,1-3H3,(H,19,21)(H,18,20,22). The minimum atomic E-state index is -0.420. The molecule has 2 heterocycles. The predicted molar refractivity (Wildman–Crippen MR) is 199 cm³/mol. The van der Waals surface area contributed by atoms with E-state index in [2.05, 4.69) is 74.9 Å². The largest absolute Gasteiger partial charge is 0.491 e. The second-order valence-corrected chi connectivity index (χ2v) is 15.1. The van der Waals surface area contributed by atoms with Gasteiger partial charge in [0.05, 0.1) is 34.6 Å². The van der Waals surface area contributed by atoms with Crippen LogP contribution in [-0.2, 0) is 19.2 Å². The quantitative estimate of drug-likeness (QED) is 0.0950. The highest BCUT2D eigenvalue weighted by molar-refractivity contribution is 9.11. The molecule has 4 amide bonds. The van der Waals surface area contributed by atoms with Crippen molar-refractivity contribution >= 4 is 83.9 Å². The van der Waals surface area contributed by atoms with E-state index in [-0.39, 0.29) is 12.8 Å². The van der Waals surface area contributed by atoms with Gasteiger partial charge >= 0.3 is 0 Å². The Morgan fingerprint density at radius 1 is 0.714 bits per heavy atom. The average molecular weight is 774 g/mol. The van der Waals surface area contributed by atoms with E-state index in [4.69, 9.17) is 9.47 Å². The molecule has 0 aliphatic heterocycles. The highest BCUT2D eigenvalue weighted by Crippen LogP contribution is 2.28. The van der Waals surface area contributed by atoms with Gasteiger partial charge in [0.2, 0.25) is 23.6 Å². The molecule has 0 bridgehead atoms. The first-order valence-corrected chi connectivity index (χ1v) is 17.9. The lowest BCUT2D eigenvalue weighted by molar-refractivity contribution is -0.125. The van der Waals surface area contributed by atoms with Crippen LogP contribution in [0, 0.1) is 25.7 Å². The lowest BCUT2D eigenvalue weighted by atomic mass is 10.2. The van der Waals surface area contributed by atoms with Crippen molar-refractivity contribution < 1.29 is 28.7 Å². The van der Waals surface area contributed by atoms with E-state index >= 15 is 0 Å². The summed E-state index contributed by atoms with van der Waals surface area (Å²) in [5.74, 6) is 0.318. The maximum atomic E-state index is 12.1. The van der Waals surface area contributed by atoms with Crippen molar-refractivity contribution in [1.29, 1.82) is 0 Å². The summed E-state index contributed by atoms with van der Waals surface area (Å²) in [6.45, 7) is 13.2. The molecule has 0 radical (unpaired) electrons. The first kappa shape index (κ1) is 39.1. The third-order valence-corrected chi connectivity index (χ3v) is 8.09. The molecule has 4 aromatic rings. The van der Waals surface area contributed by atoms with Crippen LogP contribution in [0.25, 0.3) is 0 Å². The molecule has 0 aliphatic rings. The number of hydrogen-bond donors (Lipinski definition) is 4. The summed E-state index contributed by atoms with van der Waals surface area (Å²) in [4.78, 5) is 55.9. The Hall–Kier alpha value is -4.34. The number of nitrogens with one attached hydrogen (secondary N) is 4. The Labute approximate surface area is 302 Å². The van der Waals surface area contributed by atoms with E-state index in [1.165, 1.54) is 22.7 Å². The van der Waals surface area contributed by atoms with E-state index < -0.39 is 23.6 Å². The topological polar surface area (TPSA) is 161 Å². The first-order chi connectivity index (χ1) is 23.3. The van der Waals surface area contributed by atoms with Gasteiger partial charge in [-0.25, -0.2) is 9.97 Å². The monoisotopic (exact) mass is 772 g/mol. The van der Waals surface area contributed by atoms with Gasteiger partial charge in [0.15, 0.2) is 10.3 Å². The van der Waals surface area contributed by atoms with E-state index in [9.17, 15) is 19.2 Å². The maximum absolute atomic E-state index is 12.1. The molecule has 12 nitrogen and oxygen atoms in total. The molecule has 0 fully saturated rings. The fourth-order valence-electron chi connectivity index (χ4n) is 3.82. The van der Waals surface area contributed by atoms with Gasteiger partial charge in [-0.05, 0) is 77.0 Å². The van der Waals surface area contributed by atoms with Gasteiger partial charge in [-0.2, -0.15) is 0 Å². The summed E-state index contributed by atoms with van der Waals surface area (Å²) in [6.07, 6.45) is 2.60. The molecule has 0 spiro atoms. The highest BCUT2D eigenvalue weighted by Gasteiger charge is 2.16. The van der Waals surface area contributed by atoms with E-state index in [0.29, 0.717) is 58.2 Å². The van der Waals surface area contributed by atoms with E-state index in [0.717, 1.165) is 14.9 Å². The van der Waals surface area contributed by atoms with Gasteiger partial charge in [0.1, 0.15) is 24.3 Å². The summed E-state index contributed by atoms with van der Waals surface area (Å²) in [6, 6.07) is 11.1. The van der Waals surface area contributed by atoms with Gasteiger partial charge in [-0.1, -0.05) is 51.2 Å². The summed E-state index contributed by atoms with van der Waals surface area (Å²) in [5, 5.41) is 13.3. The highest BCUT2D eigenvalue weighted by atomic mass is 79.9. The zero-order valence-corrected chi connectivity index (χ0v) is 31.4.